The minimum Gasteiger partial charge on any atom is -0.493 e. The molecule has 0 aliphatic carbocycles. The van der Waals surface area contributed by atoms with Crippen molar-refractivity contribution in [2.24, 2.45) is 0 Å². The summed E-state index contributed by atoms with van der Waals surface area (Å²) in [5, 5.41) is 12.4. The maximum atomic E-state index is 12.6. The highest BCUT2D eigenvalue weighted by molar-refractivity contribution is 6.32. The average molecular weight is 448 g/mol. The highest BCUT2D eigenvalue weighted by Gasteiger charge is 2.26. The van der Waals surface area contributed by atoms with Gasteiger partial charge in [0.15, 0.2) is 11.5 Å². The Labute approximate surface area is 181 Å². The second kappa shape index (κ2) is 9.05. The summed E-state index contributed by atoms with van der Waals surface area (Å²) in [6.45, 7) is 1.58. The molecule has 3 aromatic rings. The second-order valence-electron chi connectivity index (χ2n) is 6.44. The van der Waals surface area contributed by atoms with Crippen LogP contribution >= 0.6 is 11.6 Å². The minimum absolute atomic E-state index is 0.0961. The molecule has 2 aromatic carbocycles. The quantitative estimate of drug-likeness (QED) is 0.228. The van der Waals surface area contributed by atoms with Crippen molar-refractivity contribution in [1.82, 2.24) is 0 Å². The molecule has 1 aromatic heterocycles. The van der Waals surface area contributed by atoms with Crippen LogP contribution in [0.15, 0.2) is 39.5 Å². The van der Waals surface area contributed by atoms with E-state index in [1.54, 1.807) is 12.1 Å². The van der Waals surface area contributed by atoms with Crippen molar-refractivity contribution < 1.29 is 28.3 Å². The predicted octanol–water partition coefficient (Wildman–Crippen LogP) is 4.29. The molecule has 0 fully saturated rings. The van der Waals surface area contributed by atoms with Gasteiger partial charge in [0.05, 0.1) is 25.2 Å². The zero-order valence-corrected chi connectivity index (χ0v) is 17.6. The summed E-state index contributed by atoms with van der Waals surface area (Å²) in [5.41, 5.74) is 0.00792. The number of esters is 1. The topological polar surface area (TPSA) is 118 Å². The third-order valence-corrected chi connectivity index (χ3v) is 5.01. The molecule has 0 saturated carbocycles. The van der Waals surface area contributed by atoms with Gasteiger partial charge in [-0.15, -0.1) is 0 Å². The number of carbonyl (C=O) groups is 1. The summed E-state index contributed by atoms with van der Waals surface area (Å²) in [4.78, 5) is 35.3. The van der Waals surface area contributed by atoms with Crippen LogP contribution < -0.4 is 15.1 Å². The monoisotopic (exact) mass is 447 g/mol. The first kappa shape index (κ1) is 22.1. The van der Waals surface area contributed by atoms with Gasteiger partial charge in [-0.05, 0) is 24.1 Å². The number of hydrogen-bond acceptors (Lipinski definition) is 8. The Hall–Kier alpha value is -3.59. The number of carbonyl (C=O) groups excluding carboxylic acids is 1. The van der Waals surface area contributed by atoms with Gasteiger partial charge in [0, 0.05) is 28.1 Å². The Bertz CT molecular complexity index is 1230. The van der Waals surface area contributed by atoms with E-state index in [9.17, 15) is 19.7 Å². The van der Waals surface area contributed by atoms with Gasteiger partial charge < -0.3 is 18.6 Å². The van der Waals surface area contributed by atoms with E-state index in [2.05, 4.69) is 0 Å². The van der Waals surface area contributed by atoms with Gasteiger partial charge in [-0.2, -0.15) is 0 Å². The molecule has 9 nitrogen and oxygen atoms in total. The summed E-state index contributed by atoms with van der Waals surface area (Å²) in [6, 6.07) is 6.71. The fourth-order valence-corrected chi connectivity index (χ4v) is 3.38. The minimum atomic E-state index is -0.967. The first-order chi connectivity index (χ1) is 14.8. The third-order valence-electron chi connectivity index (χ3n) is 4.66. The second-order valence-corrected chi connectivity index (χ2v) is 6.85. The number of ether oxygens (including phenoxy) is 3. The van der Waals surface area contributed by atoms with Crippen LogP contribution in [0, 0.1) is 10.1 Å². The standard InChI is InChI=1S/C21H18ClNO8/c1-4-11-5-17-13(7-15(11)22)12(6-20(24)31-17)10-30-21(25)14-8-18(28-2)19(29-3)9-16(14)23(26)27/h5-9H,4,10H2,1-3H3. The van der Waals surface area contributed by atoms with E-state index in [4.69, 9.17) is 30.2 Å². The highest BCUT2D eigenvalue weighted by atomic mass is 35.5. The number of fused-ring (bicyclic) bond motifs is 1. The summed E-state index contributed by atoms with van der Waals surface area (Å²) < 4.78 is 20.6. The molecule has 0 aliphatic heterocycles. The van der Waals surface area contributed by atoms with E-state index >= 15 is 0 Å². The molecule has 0 unspecified atom stereocenters. The van der Waals surface area contributed by atoms with Crippen molar-refractivity contribution >= 4 is 34.2 Å². The Kier molecular flexibility index (Phi) is 6.45. The molecule has 3 rings (SSSR count). The molecule has 0 bridgehead atoms. The fraction of sp³-hybridized carbons (Fsp3) is 0.238. The molecule has 31 heavy (non-hydrogen) atoms. The van der Waals surface area contributed by atoms with Crippen LogP contribution in [0.3, 0.4) is 0 Å². The molecule has 0 spiro atoms. The Morgan fingerprint density at radius 1 is 1.10 bits per heavy atom. The number of nitrogens with zero attached hydrogens (tertiary/aromatic N) is 1. The Balaban J connectivity index is 1.97. The molecule has 1 heterocycles. The average Bonchev–Trinajstić information content (AvgIpc) is 2.75. The molecule has 0 radical (unpaired) electrons. The van der Waals surface area contributed by atoms with Gasteiger partial charge in [-0.3, -0.25) is 10.1 Å². The SMILES string of the molecule is CCc1cc2oc(=O)cc(COC(=O)c3cc(OC)c(OC)cc3[N+](=O)[O-])c2cc1Cl. The molecule has 162 valence electrons. The maximum absolute atomic E-state index is 12.6. The van der Waals surface area contributed by atoms with Crippen LogP contribution in [-0.4, -0.2) is 25.1 Å². The highest BCUT2D eigenvalue weighted by Crippen LogP contribution is 2.35. The van der Waals surface area contributed by atoms with Crippen molar-refractivity contribution in [3.8, 4) is 11.5 Å². The zero-order valence-electron chi connectivity index (χ0n) is 16.9. The number of nitro benzene ring substituents is 1. The van der Waals surface area contributed by atoms with E-state index in [0.29, 0.717) is 28.0 Å². The number of aryl methyl sites for hydroxylation is 1. The van der Waals surface area contributed by atoms with Gasteiger partial charge in [-0.25, -0.2) is 9.59 Å². The summed E-state index contributed by atoms with van der Waals surface area (Å²) in [6.07, 6.45) is 0.640. The Morgan fingerprint density at radius 3 is 2.39 bits per heavy atom. The van der Waals surface area contributed by atoms with Crippen molar-refractivity contribution in [2.75, 3.05) is 14.2 Å². The normalized spacial score (nSPS) is 10.7. The largest absolute Gasteiger partial charge is 0.493 e. The predicted molar refractivity (Wildman–Crippen MR) is 112 cm³/mol. The van der Waals surface area contributed by atoms with Gasteiger partial charge in [0.2, 0.25) is 0 Å². The van der Waals surface area contributed by atoms with E-state index in [0.717, 1.165) is 11.6 Å². The number of hydrogen-bond donors (Lipinski definition) is 0. The lowest BCUT2D eigenvalue weighted by molar-refractivity contribution is -0.385. The molecule has 10 heteroatoms. The first-order valence-electron chi connectivity index (χ1n) is 9.11. The van der Waals surface area contributed by atoms with Gasteiger partial charge >= 0.3 is 11.6 Å². The van der Waals surface area contributed by atoms with Crippen molar-refractivity contribution in [3.05, 3.63) is 72.6 Å². The zero-order chi connectivity index (χ0) is 22.7. The van der Waals surface area contributed by atoms with E-state index in [-0.39, 0.29) is 23.7 Å². The number of benzene rings is 2. The van der Waals surface area contributed by atoms with Crippen molar-refractivity contribution in [3.63, 3.8) is 0 Å². The lowest BCUT2D eigenvalue weighted by Gasteiger charge is -2.11. The molecule has 0 N–H and O–H groups in total. The lowest BCUT2D eigenvalue weighted by Crippen LogP contribution is -2.11. The van der Waals surface area contributed by atoms with Crippen LogP contribution in [0.1, 0.15) is 28.4 Å². The van der Waals surface area contributed by atoms with E-state index < -0.39 is 22.2 Å². The summed E-state index contributed by atoms with van der Waals surface area (Å²) >= 11 is 6.26. The number of rotatable bonds is 7. The molecule has 0 aliphatic rings. The van der Waals surface area contributed by atoms with Crippen LogP contribution in [0.2, 0.25) is 5.02 Å². The van der Waals surface area contributed by atoms with Crippen molar-refractivity contribution in [2.45, 2.75) is 20.0 Å². The smallest absolute Gasteiger partial charge is 0.345 e. The maximum Gasteiger partial charge on any atom is 0.345 e. The van der Waals surface area contributed by atoms with Crippen molar-refractivity contribution in [1.29, 1.82) is 0 Å². The molecule has 0 atom stereocenters. The summed E-state index contributed by atoms with van der Waals surface area (Å²) in [5.74, 6) is -0.742. The van der Waals surface area contributed by atoms with Gasteiger partial charge in [0.1, 0.15) is 17.8 Å². The molecule has 0 amide bonds. The van der Waals surface area contributed by atoms with Crippen LogP contribution in [-0.2, 0) is 17.8 Å². The van der Waals surface area contributed by atoms with Crippen LogP contribution in [0.4, 0.5) is 5.69 Å². The molecular weight excluding hydrogens is 430 g/mol. The van der Waals surface area contributed by atoms with Gasteiger partial charge in [-0.1, -0.05) is 18.5 Å². The number of methoxy groups -OCH3 is 2. The van der Waals surface area contributed by atoms with E-state index in [1.165, 1.54) is 26.4 Å². The van der Waals surface area contributed by atoms with Gasteiger partial charge in [0.25, 0.3) is 5.69 Å². The van der Waals surface area contributed by atoms with E-state index in [1.807, 2.05) is 6.92 Å². The Morgan fingerprint density at radius 2 is 1.77 bits per heavy atom. The summed E-state index contributed by atoms with van der Waals surface area (Å²) in [7, 11) is 2.66. The lowest BCUT2D eigenvalue weighted by atomic mass is 10.1. The van der Waals surface area contributed by atoms with Crippen LogP contribution in [0.25, 0.3) is 11.0 Å². The van der Waals surface area contributed by atoms with Crippen LogP contribution in [0.5, 0.6) is 11.5 Å². The molecule has 0 saturated heterocycles. The third kappa shape index (κ3) is 4.46. The molecular formula is C21H18ClNO8. The first-order valence-corrected chi connectivity index (χ1v) is 9.49. The fourth-order valence-electron chi connectivity index (χ4n) is 3.08. The number of halogens is 1. The number of nitro groups is 1.